The molecular formula is C45H86N14O10. The average Bonchev–Trinajstić information content (AvgIpc) is 3.32. The summed E-state index contributed by atoms with van der Waals surface area (Å²) in [6, 6.07) is -3.01. The van der Waals surface area contributed by atoms with E-state index < -0.39 is 84.4 Å². The van der Waals surface area contributed by atoms with E-state index >= 15 is 0 Å². The van der Waals surface area contributed by atoms with Gasteiger partial charge in [0.05, 0.1) is 38.8 Å². The normalized spacial score (nSPS) is 12.6. The third-order valence-electron chi connectivity index (χ3n) is 10.5. The molecule has 0 aliphatic carbocycles. The molecule has 69 heavy (non-hydrogen) atoms. The molecule has 0 fully saturated rings. The van der Waals surface area contributed by atoms with Crippen LogP contribution < -0.4 is 59.3 Å². The van der Waals surface area contributed by atoms with Gasteiger partial charge in [-0.05, 0) is 24.8 Å². The zero-order chi connectivity index (χ0) is 51.3. The van der Waals surface area contributed by atoms with Gasteiger partial charge < -0.3 is 68.8 Å². The highest BCUT2D eigenvalue weighted by Crippen LogP contribution is 2.14. The van der Waals surface area contributed by atoms with Crippen molar-refractivity contribution in [2.45, 2.75) is 123 Å². The minimum Gasteiger partial charge on any atom is -0.379 e. The summed E-state index contributed by atoms with van der Waals surface area (Å²) in [5, 5.41) is 28.3. The number of azide groups is 1. The fourth-order valence-electron chi connectivity index (χ4n) is 6.68. The van der Waals surface area contributed by atoms with Gasteiger partial charge in [0, 0.05) is 115 Å². The van der Waals surface area contributed by atoms with Crippen molar-refractivity contribution in [3.63, 3.8) is 0 Å². The number of carbonyl (C=O) groups is 8. The molecule has 0 rings (SSSR count). The standard InChI is InChI=1S/C45H86N14O10/c1-4-7-9-11-15-51-40(62)33-38(57-41(63)30-34(6-3)42(64)53-16-12-10-8-5-2)45(67)58-37(44(66)54-22-20-50-18-14-47)32-36(60)29-35(31-39(61)52-21-19-49-17-13-46)43(65)55-23-25-68-27-28-69-26-24-56-59-48/h34-35,37-38,49-50H,4-33,46-47H2,1-3H3,(H,51,62)(H,52,61)(H,53,64)(H,54,66)(H,55,65)(H,57,63)(H,58,67). The zero-order valence-electron chi connectivity index (χ0n) is 41.6. The van der Waals surface area contributed by atoms with Crippen LogP contribution in [0.4, 0.5) is 0 Å². The van der Waals surface area contributed by atoms with Crippen LogP contribution in [0.25, 0.3) is 10.4 Å². The number of unbranched alkanes of at least 4 members (excludes halogenated alkanes) is 6. The molecule has 13 N–H and O–H groups in total. The molecule has 24 heteroatoms. The topological polar surface area (TPSA) is 364 Å². The fourth-order valence-corrected chi connectivity index (χ4v) is 6.68. The van der Waals surface area contributed by atoms with E-state index in [9.17, 15) is 38.4 Å². The van der Waals surface area contributed by atoms with Gasteiger partial charge in [0.1, 0.15) is 17.9 Å². The molecule has 0 saturated carbocycles. The van der Waals surface area contributed by atoms with Crippen LogP contribution in [-0.2, 0) is 47.8 Å². The van der Waals surface area contributed by atoms with Crippen molar-refractivity contribution in [3.8, 4) is 0 Å². The van der Waals surface area contributed by atoms with Crippen molar-refractivity contribution >= 4 is 47.1 Å². The maximum Gasteiger partial charge on any atom is 0.243 e. The maximum absolute atomic E-state index is 14.1. The second-order valence-electron chi connectivity index (χ2n) is 16.5. The number of hydrogen-bond donors (Lipinski definition) is 11. The molecule has 0 saturated heterocycles. The second-order valence-corrected chi connectivity index (χ2v) is 16.5. The van der Waals surface area contributed by atoms with Gasteiger partial charge in [-0.15, -0.1) is 0 Å². The van der Waals surface area contributed by atoms with Crippen LogP contribution in [0.1, 0.15) is 111 Å². The predicted octanol–water partition coefficient (Wildman–Crippen LogP) is -0.700. The van der Waals surface area contributed by atoms with E-state index in [0.717, 1.165) is 44.9 Å². The van der Waals surface area contributed by atoms with E-state index in [1.54, 1.807) is 6.92 Å². The number of rotatable bonds is 46. The Morgan fingerprint density at radius 3 is 1.62 bits per heavy atom. The summed E-state index contributed by atoms with van der Waals surface area (Å²) < 4.78 is 10.8. The number of amides is 7. The minimum atomic E-state index is -1.52. The van der Waals surface area contributed by atoms with E-state index in [-0.39, 0.29) is 71.4 Å². The summed E-state index contributed by atoms with van der Waals surface area (Å²) in [6.07, 6.45) is 5.52. The summed E-state index contributed by atoms with van der Waals surface area (Å²) >= 11 is 0. The Balaban J connectivity index is 6.31. The molecule has 0 aromatic rings. The molecule has 0 radical (unpaired) electrons. The Kier molecular flexibility index (Phi) is 41.1. The number of ether oxygens (including phenoxy) is 2. The number of carbonyl (C=O) groups excluding carboxylic acids is 8. The maximum atomic E-state index is 14.1. The van der Waals surface area contributed by atoms with Crippen LogP contribution in [-0.4, -0.2) is 164 Å². The summed E-state index contributed by atoms with van der Waals surface area (Å²) in [4.78, 5) is 110. The van der Waals surface area contributed by atoms with Crippen molar-refractivity contribution < 1.29 is 47.8 Å². The molecule has 7 amide bonds. The number of nitrogens with zero attached hydrogens (tertiary/aromatic N) is 3. The van der Waals surface area contributed by atoms with Gasteiger partial charge in [0.25, 0.3) is 0 Å². The Hall–Kier alpha value is -4.97. The number of nitrogens with one attached hydrogen (secondary N) is 9. The monoisotopic (exact) mass is 983 g/mol. The number of Topliss-reactive ketones (excluding diaryl/α,β-unsaturated/α-hetero) is 1. The second kappa shape index (κ2) is 44.3. The van der Waals surface area contributed by atoms with E-state index in [2.05, 4.69) is 71.7 Å². The van der Waals surface area contributed by atoms with Crippen molar-refractivity contribution in [2.75, 3.05) is 105 Å². The van der Waals surface area contributed by atoms with Crippen molar-refractivity contribution in [3.05, 3.63) is 10.4 Å². The fraction of sp³-hybridized carbons (Fsp3) is 0.822. The van der Waals surface area contributed by atoms with E-state index in [0.29, 0.717) is 65.2 Å². The smallest absolute Gasteiger partial charge is 0.243 e. The minimum absolute atomic E-state index is 0.0360. The lowest BCUT2D eigenvalue weighted by Gasteiger charge is -2.24. The summed E-state index contributed by atoms with van der Waals surface area (Å²) in [6.45, 7) is 10.5. The Morgan fingerprint density at radius 1 is 0.493 bits per heavy atom. The van der Waals surface area contributed by atoms with Gasteiger partial charge in [-0.2, -0.15) is 0 Å². The zero-order valence-corrected chi connectivity index (χ0v) is 41.6. The molecule has 0 aliphatic rings. The van der Waals surface area contributed by atoms with Crippen molar-refractivity contribution in [1.29, 1.82) is 0 Å². The predicted molar refractivity (Wildman–Crippen MR) is 262 cm³/mol. The van der Waals surface area contributed by atoms with Crippen LogP contribution in [0, 0.1) is 11.8 Å². The molecule has 0 aromatic heterocycles. The first-order valence-corrected chi connectivity index (χ1v) is 24.8. The van der Waals surface area contributed by atoms with Crippen molar-refractivity contribution in [1.82, 2.24) is 47.9 Å². The van der Waals surface area contributed by atoms with Gasteiger partial charge >= 0.3 is 0 Å². The summed E-state index contributed by atoms with van der Waals surface area (Å²) in [5.41, 5.74) is 19.4. The molecule has 0 bridgehead atoms. The molecule has 24 nitrogen and oxygen atoms in total. The SMILES string of the molecule is CCCCCCNC(=O)CC(NC(=O)CC(CC)C(=O)NCCCCCC)C(=O)NC(CC(=O)CC(CC(=O)NCCNCCN)C(=O)NCCOCCOCCN=[N+]=[N-])C(=O)NCCNCCN. The lowest BCUT2D eigenvalue weighted by molar-refractivity contribution is -0.136. The Bertz CT molecular complexity index is 1520. The molecule has 4 atom stereocenters. The average molecular weight is 983 g/mol. The highest BCUT2D eigenvalue weighted by atomic mass is 16.5. The molecule has 0 aromatic carbocycles. The van der Waals surface area contributed by atoms with E-state index in [4.69, 9.17) is 26.5 Å². The lowest BCUT2D eigenvalue weighted by Crippen LogP contribution is -2.56. The number of nitrogens with two attached hydrogens (primary N) is 2. The largest absolute Gasteiger partial charge is 0.379 e. The van der Waals surface area contributed by atoms with Crippen LogP contribution in [0.2, 0.25) is 0 Å². The lowest BCUT2D eigenvalue weighted by atomic mass is 9.94. The van der Waals surface area contributed by atoms with Gasteiger partial charge in [-0.1, -0.05) is 64.4 Å². The highest BCUT2D eigenvalue weighted by molar-refractivity contribution is 5.98. The molecule has 0 heterocycles. The molecule has 0 aliphatic heterocycles. The van der Waals surface area contributed by atoms with Crippen LogP contribution in [0.3, 0.4) is 0 Å². The third-order valence-corrected chi connectivity index (χ3v) is 10.5. The summed E-state index contributed by atoms with van der Waals surface area (Å²) in [7, 11) is 0. The van der Waals surface area contributed by atoms with Crippen LogP contribution in [0.5, 0.6) is 0 Å². The first-order chi connectivity index (χ1) is 33.4. The van der Waals surface area contributed by atoms with Crippen LogP contribution in [0.15, 0.2) is 5.11 Å². The molecule has 4 unspecified atom stereocenters. The third kappa shape index (κ3) is 35.8. The van der Waals surface area contributed by atoms with E-state index in [1.165, 1.54) is 0 Å². The van der Waals surface area contributed by atoms with Gasteiger partial charge in [0.15, 0.2) is 0 Å². The quantitative estimate of drug-likeness (QED) is 0.0156. The number of ketones is 1. The van der Waals surface area contributed by atoms with Crippen LogP contribution >= 0.6 is 0 Å². The first-order valence-electron chi connectivity index (χ1n) is 24.8. The Morgan fingerprint density at radius 2 is 1.01 bits per heavy atom. The molecule has 396 valence electrons. The summed E-state index contributed by atoms with van der Waals surface area (Å²) in [5.74, 6) is -6.81. The highest BCUT2D eigenvalue weighted by Gasteiger charge is 2.33. The number of hydrogen-bond acceptors (Lipinski definition) is 15. The molecule has 0 spiro atoms. The first kappa shape index (κ1) is 64.0. The molecular weight excluding hydrogens is 897 g/mol. The van der Waals surface area contributed by atoms with Gasteiger partial charge in [-0.25, -0.2) is 0 Å². The van der Waals surface area contributed by atoms with E-state index in [1.807, 2.05) is 0 Å². The van der Waals surface area contributed by atoms with Gasteiger partial charge in [0.2, 0.25) is 41.4 Å². The van der Waals surface area contributed by atoms with Gasteiger partial charge in [-0.3, -0.25) is 38.4 Å². The van der Waals surface area contributed by atoms with Crippen molar-refractivity contribution in [2.24, 2.45) is 28.4 Å². The Labute approximate surface area is 408 Å².